The summed E-state index contributed by atoms with van der Waals surface area (Å²) in [6.45, 7) is 0.268. The first-order valence-electron chi connectivity index (χ1n) is 16.9. The van der Waals surface area contributed by atoms with Crippen LogP contribution in [0.1, 0.15) is 186 Å². The highest BCUT2D eigenvalue weighted by Crippen LogP contribution is 2.15. The summed E-state index contributed by atoms with van der Waals surface area (Å²) in [6.07, 6.45) is 42.7. The Kier molecular flexibility index (Phi) is 33.3. The van der Waals surface area contributed by atoms with Crippen LogP contribution >= 0.6 is 0 Å². The number of rotatable bonds is 32. The molecule has 0 fully saturated rings. The van der Waals surface area contributed by atoms with Crippen LogP contribution in [0, 0.1) is 0 Å². The summed E-state index contributed by atoms with van der Waals surface area (Å²) in [5.41, 5.74) is 0. The van der Waals surface area contributed by atoms with Crippen molar-refractivity contribution < 1.29 is 15.3 Å². The van der Waals surface area contributed by atoms with E-state index >= 15 is 0 Å². The maximum atomic E-state index is 9.31. The van der Waals surface area contributed by atoms with Crippen molar-refractivity contribution in [3.63, 3.8) is 0 Å². The van der Waals surface area contributed by atoms with Crippen molar-refractivity contribution >= 4 is 0 Å². The van der Waals surface area contributed by atoms with Gasteiger partial charge in [-0.3, -0.25) is 0 Å². The van der Waals surface area contributed by atoms with E-state index in [1.165, 1.54) is 167 Å². The molecule has 0 aliphatic heterocycles. The summed E-state index contributed by atoms with van der Waals surface area (Å²) in [7, 11) is 0. The second-order valence-electron chi connectivity index (χ2n) is 11.6. The number of hydrogen-bond acceptors (Lipinski definition) is 3. The monoisotopic (exact) mass is 525 g/mol. The smallest absolute Gasteiger partial charge is 0.0770 e. The van der Waals surface area contributed by atoms with Gasteiger partial charge in [0.1, 0.15) is 0 Å². The van der Waals surface area contributed by atoms with Crippen molar-refractivity contribution in [3.8, 4) is 0 Å². The van der Waals surface area contributed by atoms with Gasteiger partial charge in [0.05, 0.1) is 12.7 Å². The van der Waals surface area contributed by atoms with Crippen LogP contribution in [0.4, 0.5) is 0 Å². The highest BCUT2D eigenvalue weighted by atomic mass is 16.3. The SMILES string of the molecule is OCCCCCCCCC=CCCCCCCCCCCCCCCCCCCCCCCC(O)CO. The molecular formula is C34H68O3. The fraction of sp³-hybridized carbons (Fsp3) is 0.941. The third-order valence-corrected chi connectivity index (χ3v) is 7.81. The number of aliphatic hydroxyl groups excluding tert-OH is 3. The normalized spacial score (nSPS) is 12.6. The van der Waals surface area contributed by atoms with Gasteiger partial charge in [-0.2, -0.15) is 0 Å². The Hall–Kier alpha value is -0.380. The van der Waals surface area contributed by atoms with E-state index in [-0.39, 0.29) is 6.61 Å². The lowest BCUT2D eigenvalue weighted by Gasteiger charge is -2.06. The molecule has 0 radical (unpaired) electrons. The van der Waals surface area contributed by atoms with Gasteiger partial charge in [-0.15, -0.1) is 0 Å². The first-order chi connectivity index (χ1) is 18.3. The topological polar surface area (TPSA) is 60.7 Å². The van der Waals surface area contributed by atoms with Crippen LogP contribution in [0.2, 0.25) is 0 Å². The number of unbranched alkanes of at least 4 members (excludes halogenated alkanes) is 26. The van der Waals surface area contributed by atoms with Crippen LogP contribution in [-0.2, 0) is 0 Å². The first-order valence-corrected chi connectivity index (χ1v) is 16.9. The largest absolute Gasteiger partial charge is 0.396 e. The number of aliphatic hydroxyl groups is 3. The van der Waals surface area contributed by atoms with Crippen LogP contribution in [0.25, 0.3) is 0 Å². The molecule has 0 saturated heterocycles. The summed E-state index contributed by atoms with van der Waals surface area (Å²) in [6, 6.07) is 0. The predicted octanol–water partition coefficient (Wildman–Crippen LogP) is 10.2. The van der Waals surface area contributed by atoms with Gasteiger partial charge in [0.25, 0.3) is 0 Å². The lowest BCUT2D eigenvalue weighted by atomic mass is 10.0. The Labute approximate surface area is 232 Å². The minimum absolute atomic E-state index is 0.0885. The average Bonchev–Trinajstić information content (AvgIpc) is 2.91. The molecule has 1 atom stereocenters. The molecule has 1 unspecified atom stereocenters. The van der Waals surface area contributed by atoms with Crippen molar-refractivity contribution in [1.82, 2.24) is 0 Å². The van der Waals surface area contributed by atoms with E-state index in [1.807, 2.05) is 0 Å². The van der Waals surface area contributed by atoms with E-state index < -0.39 is 6.10 Å². The third-order valence-electron chi connectivity index (χ3n) is 7.81. The van der Waals surface area contributed by atoms with Gasteiger partial charge >= 0.3 is 0 Å². The third kappa shape index (κ3) is 33.6. The van der Waals surface area contributed by atoms with Crippen LogP contribution in [0.15, 0.2) is 12.2 Å². The zero-order chi connectivity index (χ0) is 26.9. The molecule has 0 rings (SSSR count). The molecule has 0 spiro atoms. The second kappa shape index (κ2) is 33.6. The highest BCUT2D eigenvalue weighted by molar-refractivity contribution is 4.81. The minimum atomic E-state index is -0.502. The average molecular weight is 525 g/mol. The molecule has 0 bridgehead atoms. The van der Waals surface area contributed by atoms with Crippen molar-refractivity contribution in [2.24, 2.45) is 0 Å². The zero-order valence-electron chi connectivity index (χ0n) is 25.0. The molecule has 3 heteroatoms. The molecule has 0 aromatic heterocycles. The van der Waals surface area contributed by atoms with Gasteiger partial charge in [0.15, 0.2) is 0 Å². The first kappa shape index (κ1) is 36.6. The molecule has 37 heavy (non-hydrogen) atoms. The van der Waals surface area contributed by atoms with Crippen molar-refractivity contribution in [2.45, 2.75) is 192 Å². The minimum Gasteiger partial charge on any atom is -0.396 e. The Morgan fingerprint density at radius 3 is 0.919 bits per heavy atom. The van der Waals surface area contributed by atoms with Gasteiger partial charge in [-0.1, -0.05) is 160 Å². The highest BCUT2D eigenvalue weighted by Gasteiger charge is 2.00. The fourth-order valence-corrected chi connectivity index (χ4v) is 5.23. The Balaban J connectivity index is 3.07. The van der Waals surface area contributed by atoms with Gasteiger partial charge in [0.2, 0.25) is 0 Å². The molecule has 0 aromatic rings. The Morgan fingerprint density at radius 2 is 0.622 bits per heavy atom. The molecule has 0 saturated carbocycles. The summed E-state index contributed by atoms with van der Waals surface area (Å²) < 4.78 is 0. The van der Waals surface area contributed by atoms with Crippen LogP contribution < -0.4 is 0 Å². The fourth-order valence-electron chi connectivity index (χ4n) is 5.23. The van der Waals surface area contributed by atoms with E-state index in [9.17, 15) is 5.11 Å². The lowest BCUT2D eigenvalue weighted by molar-refractivity contribution is 0.0860. The lowest BCUT2D eigenvalue weighted by Crippen LogP contribution is -2.10. The molecule has 0 heterocycles. The van der Waals surface area contributed by atoms with Crippen molar-refractivity contribution in [2.75, 3.05) is 13.2 Å². The predicted molar refractivity (Wildman–Crippen MR) is 163 cm³/mol. The summed E-state index contributed by atoms with van der Waals surface area (Å²) in [5.74, 6) is 0. The second-order valence-corrected chi connectivity index (χ2v) is 11.6. The van der Waals surface area contributed by atoms with E-state index in [0.717, 1.165) is 19.3 Å². The number of hydrogen-bond donors (Lipinski definition) is 3. The summed E-state index contributed by atoms with van der Waals surface area (Å²) in [4.78, 5) is 0. The molecule has 3 nitrogen and oxygen atoms in total. The maximum absolute atomic E-state index is 9.31. The number of allylic oxidation sites excluding steroid dienone is 2. The van der Waals surface area contributed by atoms with Gasteiger partial charge in [-0.05, 0) is 38.5 Å². The van der Waals surface area contributed by atoms with Crippen LogP contribution in [0.5, 0.6) is 0 Å². The van der Waals surface area contributed by atoms with E-state index in [2.05, 4.69) is 12.2 Å². The molecular weight excluding hydrogens is 456 g/mol. The summed E-state index contributed by atoms with van der Waals surface area (Å²) >= 11 is 0. The van der Waals surface area contributed by atoms with E-state index in [0.29, 0.717) is 6.61 Å². The van der Waals surface area contributed by atoms with Crippen molar-refractivity contribution in [3.05, 3.63) is 12.2 Å². The summed E-state index contributed by atoms with van der Waals surface area (Å²) in [5, 5.41) is 26.9. The molecule has 222 valence electrons. The quantitative estimate of drug-likeness (QED) is 0.0606. The van der Waals surface area contributed by atoms with Crippen LogP contribution in [-0.4, -0.2) is 34.6 Å². The molecule has 0 aromatic carbocycles. The molecule has 0 aliphatic rings. The van der Waals surface area contributed by atoms with Crippen LogP contribution in [0.3, 0.4) is 0 Å². The van der Waals surface area contributed by atoms with Gasteiger partial charge in [0, 0.05) is 6.61 Å². The van der Waals surface area contributed by atoms with Gasteiger partial charge in [-0.25, -0.2) is 0 Å². The zero-order valence-corrected chi connectivity index (χ0v) is 25.0. The molecule has 0 amide bonds. The Bertz CT molecular complexity index is 423. The maximum Gasteiger partial charge on any atom is 0.0770 e. The van der Waals surface area contributed by atoms with E-state index in [4.69, 9.17) is 10.2 Å². The van der Waals surface area contributed by atoms with Crippen molar-refractivity contribution in [1.29, 1.82) is 0 Å². The molecule has 3 N–H and O–H groups in total. The van der Waals surface area contributed by atoms with Gasteiger partial charge < -0.3 is 15.3 Å². The molecule has 0 aliphatic carbocycles. The Morgan fingerprint density at radius 1 is 0.351 bits per heavy atom. The standard InChI is InChI=1S/C34H68O3/c35-32-30-28-26-24-22-20-18-16-14-12-10-8-6-4-2-1-3-5-7-9-11-13-15-17-19-21-23-25-27-29-31-34(37)33-36/h14,16,34-37H,1-13,15,17-33H2. The van der Waals surface area contributed by atoms with E-state index in [1.54, 1.807) is 0 Å².